The summed E-state index contributed by atoms with van der Waals surface area (Å²) in [5.74, 6) is 0.903. The first-order valence-electron chi connectivity index (χ1n) is 21.5. The molecule has 9 rings (SSSR count). The molecule has 326 valence electrons. The number of carboxylic acids is 1. The van der Waals surface area contributed by atoms with Crippen LogP contribution in [0.15, 0.2) is 41.5 Å². The lowest BCUT2D eigenvalue weighted by Crippen LogP contribution is -2.52. The van der Waals surface area contributed by atoms with E-state index >= 15 is 0 Å². The van der Waals surface area contributed by atoms with Crippen molar-refractivity contribution in [1.29, 1.82) is 0 Å². The van der Waals surface area contributed by atoms with Crippen LogP contribution in [-0.2, 0) is 11.2 Å². The fraction of sp³-hybridized carbons (Fsp3) is 0.556. The zero-order chi connectivity index (χ0) is 43.1. The van der Waals surface area contributed by atoms with Crippen molar-refractivity contribution < 1.29 is 29.2 Å². The number of benzene rings is 1. The number of ether oxygens (including phenoxy) is 1. The van der Waals surface area contributed by atoms with Gasteiger partial charge >= 0.3 is 5.97 Å². The quantitative estimate of drug-likeness (QED) is 0.0501. The van der Waals surface area contributed by atoms with Crippen LogP contribution in [0.25, 0.3) is 15.8 Å². The number of fused-ring (bicyclic) bond motifs is 3. The minimum absolute atomic E-state index is 0.120. The number of anilines is 4. The molecule has 61 heavy (non-hydrogen) atoms. The average molecular weight is 856 g/mol. The van der Waals surface area contributed by atoms with Crippen molar-refractivity contribution in [3.8, 4) is 0 Å². The SMILES string of the molecule is CC(=NCC1CC2(C)CC3(C)CC1CC(OCCNCC[C@@H](O)CO)(C2)C3)C(=CN)c1ccc(N2CCCc3c2nnc(Nc2nc4cccc(F)c4s2)c3C)nc1C(=O)O. The van der Waals surface area contributed by atoms with Gasteiger partial charge in [-0.05, 0) is 125 Å². The topological polar surface area (TPSA) is 204 Å². The van der Waals surface area contributed by atoms with Crippen LogP contribution in [0.5, 0.6) is 0 Å². The van der Waals surface area contributed by atoms with Crippen LogP contribution >= 0.6 is 11.3 Å². The fourth-order valence-corrected chi connectivity index (χ4v) is 12.3. The largest absolute Gasteiger partial charge is 0.476 e. The highest BCUT2D eigenvalue weighted by molar-refractivity contribution is 7.22. The number of aliphatic hydroxyl groups is 2. The Balaban J connectivity index is 0.976. The van der Waals surface area contributed by atoms with Gasteiger partial charge in [0.05, 0.1) is 35.1 Å². The molecular weight excluding hydrogens is 798 g/mol. The number of rotatable bonds is 16. The molecular formula is C45H58FN9O5S. The number of halogens is 1. The summed E-state index contributed by atoms with van der Waals surface area (Å²) in [5.41, 5.74) is 10.3. The van der Waals surface area contributed by atoms with Gasteiger partial charge in [-0.3, -0.25) is 4.99 Å². The van der Waals surface area contributed by atoms with Gasteiger partial charge in [-0.1, -0.05) is 31.3 Å². The van der Waals surface area contributed by atoms with Crippen LogP contribution in [0, 0.1) is 35.4 Å². The maximum Gasteiger partial charge on any atom is 0.355 e. The van der Waals surface area contributed by atoms with Crippen molar-refractivity contribution >= 4 is 61.4 Å². The van der Waals surface area contributed by atoms with Crippen molar-refractivity contribution in [2.75, 3.05) is 49.6 Å². The highest BCUT2D eigenvalue weighted by atomic mass is 32.1. The summed E-state index contributed by atoms with van der Waals surface area (Å²) in [6, 6.07) is 8.39. The number of aromatic carboxylic acids is 1. The zero-order valence-electron chi connectivity index (χ0n) is 35.5. The predicted octanol–water partition coefficient (Wildman–Crippen LogP) is 6.93. The van der Waals surface area contributed by atoms with Crippen molar-refractivity contribution in [3.05, 3.63) is 64.7 Å². The number of aliphatic imine (C=N–C) groups is 1. The molecule has 0 saturated heterocycles. The average Bonchev–Trinajstić information content (AvgIpc) is 3.58. The Morgan fingerprint density at radius 3 is 2.69 bits per heavy atom. The molecule has 0 spiro atoms. The van der Waals surface area contributed by atoms with E-state index in [4.69, 9.17) is 25.6 Å². The number of allylic oxidation sites excluding steroid dienone is 1. The molecule has 4 saturated carbocycles. The van der Waals surface area contributed by atoms with Crippen LogP contribution in [0.1, 0.15) is 99.3 Å². The van der Waals surface area contributed by atoms with Crippen LogP contribution in [0.3, 0.4) is 0 Å². The smallest absolute Gasteiger partial charge is 0.355 e. The third-order valence-electron chi connectivity index (χ3n) is 13.5. The van der Waals surface area contributed by atoms with Gasteiger partial charge in [0.15, 0.2) is 22.5 Å². The second-order valence-electron chi connectivity index (χ2n) is 18.5. The molecule has 1 aromatic carbocycles. The molecule has 0 radical (unpaired) electrons. The second kappa shape index (κ2) is 17.3. The number of hydrogen-bond acceptors (Lipinski definition) is 14. The van der Waals surface area contributed by atoms with E-state index in [1.54, 1.807) is 18.2 Å². The van der Waals surface area contributed by atoms with Gasteiger partial charge < -0.3 is 41.3 Å². The summed E-state index contributed by atoms with van der Waals surface area (Å²) in [6.07, 6.45) is 9.24. The fourth-order valence-electron chi connectivity index (χ4n) is 11.4. The molecule has 3 aromatic heterocycles. The maximum absolute atomic E-state index is 14.4. The molecule has 14 nitrogen and oxygen atoms in total. The Kier molecular flexibility index (Phi) is 12.2. The van der Waals surface area contributed by atoms with Crippen molar-refractivity contribution in [2.45, 2.75) is 97.2 Å². The lowest BCUT2D eigenvalue weighted by atomic mass is 9.53. The number of pyridine rings is 1. The number of thiazole rings is 1. The molecule has 4 aliphatic carbocycles. The van der Waals surface area contributed by atoms with E-state index in [0.717, 1.165) is 56.1 Å². The standard InChI is InChI=1S/C45H58FN9O5S/c1-26-31-7-6-15-55(40(31)54-53-39(26)52-42-50-35-9-5-8-34(46)38(35)61-42)36-11-10-32(37(51-36)41(58)59)33(20-47)27(2)49-21-29-18-44(4)23-43(3)17-28(29)19-45(24-43,25-44)60-16-14-48-13-12-30(57)22-56/h5,8-11,20,28-30,48,56-57H,6-7,12-19,21-25,47H2,1-4H3,(H,58,59)(H,50,52,53)/t28?,29?,30-,43?,44?,45?/m1/s1. The highest BCUT2D eigenvalue weighted by Crippen LogP contribution is 2.66. The first-order chi connectivity index (χ1) is 29.2. The summed E-state index contributed by atoms with van der Waals surface area (Å²) in [5, 5.41) is 45.5. The lowest BCUT2D eigenvalue weighted by molar-refractivity contribution is -0.162. The van der Waals surface area contributed by atoms with Gasteiger partial charge in [0.25, 0.3) is 0 Å². The zero-order valence-corrected chi connectivity index (χ0v) is 36.3. The second-order valence-corrected chi connectivity index (χ2v) is 19.5. The predicted molar refractivity (Wildman–Crippen MR) is 236 cm³/mol. The molecule has 16 heteroatoms. The number of hydrogen-bond donors (Lipinski definition) is 6. The van der Waals surface area contributed by atoms with Gasteiger partial charge in [0.2, 0.25) is 0 Å². The Morgan fingerprint density at radius 2 is 1.93 bits per heavy atom. The van der Waals surface area contributed by atoms with E-state index < -0.39 is 12.1 Å². The van der Waals surface area contributed by atoms with E-state index in [0.29, 0.717) is 101 Å². The van der Waals surface area contributed by atoms with Crippen molar-refractivity contribution in [2.24, 2.45) is 33.4 Å². The number of aromatic nitrogens is 4. The van der Waals surface area contributed by atoms with Gasteiger partial charge in [0, 0.05) is 53.8 Å². The monoisotopic (exact) mass is 855 g/mol. The van der Waals surface area contributed by atoms with Crippen molar-refractivity contribution in [3.63, 3.8) is 0 Å². The van der Waals surface area contributed by atoms with Crippen LogP contribution in [0.2, 0.25) is 0 Å². The molecule has 4 bridgehead atoms. The van der Waals surface area contributed by atoms with Crippen LogP contribution < -0.4 is 21.3 Å². The Bertz CT molecular complexity index is 2360. The number of nitrogens with zero attached hydrogens (tertiary/aromatic N) is 6. The van der Waals surface area contributed by atoms with E-state index in [2.05, 4.69) is 39.7 Å². The number of carboxylic acid groups (broad SMARTS) is 1. The van der Waals surface area contributed by atoms with Crippen LogP contribution in [-0.4, -0.2) is 98.3 Å². The Labute approximate surface area is 360 Å². The van der Waals surface area contributed by atoms with Crippen molar-refractivity contribution in [1.82, 2.24) is 25.5 Å². The summed E-state index contributed by atoms with van der Waals surface area (Å²) in [7, 11) is 0. The van der Waals surface area contributed by atoms with E-state index in [-0.39, 0.29) is 34.5 Å². The molecule has 7 N–H and O–H groups in total. The maximum atomic E-state index is 14.4. The summed E-state index contributed by atoms with van der Waals surface area (Å²) >= 11 is 1.22. The highest BCUT2D eigenvalue weighted by Gasteiger charge is 2.60. The summed E-state index contributed by atoms with van der Waals surface area (Å²) in [4.78, 5) is 29.2. The van der Waals surface area contributed by atoms with E-state index in [9.17, 15) is 19.4 Å². The number of nitrogens with one attached hydrogen (secondary N) is 2. The third kappa shape index (κ3) is 8.87. The summed E-state index contributed by atoms with van der Waals surface area (Å²) in [6.45, 7) is 11.6. The van der Waals surface area contributed by atoms with Gasteiger partial charge in [0.1, 0.15) is 11.6 Å². The van der Waals surface area contributed by atoms with E-state index in [1.165, 1.54) is 30.0 Å². The van der Waals surface area contributed by atoms with Gasteiger partial charge in [-0.15, -0.1) is 10.2 Å². The number of nitrogens with two attached hydrogens (primary N) is 1. The first kappa shape index (κ1) is 43.1. The third-order valence-corrected chi connectivity index (χ3v) is 14.5. The molecule has 0 amide bonds. The molecule has 1 aliphatic heterocycles. The van der Waals surface area contributed by atoms with Gasteiger partial charge in [-0.2, -0.15) is 0 Å². The molecule has 4 heterocycles. The minimum atomic E-state index is -1.17. The number of carbonyl (C=O) groups is 1. The van der Waals surface area contributed by atoms with E-state index in [1.807, 2.05) is 24.8 Å². The lowest BCUT2D eigenvalue weighted by Gasteiger charge is -2.56. The summed E-state index contributed by atoms with van der Waals surface area (Å²) < 4.78 is 21.6. The number of aliphatic hydroxyl groups excluding tert-OH is 2. The molecule has 5 aliphatic rings. The molecule has 4 aromatic rings. The van der Waals surface area contributed by atoms with Gasteiger partial charge in [-0.25, -0.2) is 19.2 Å². The normalized spacial score (nSPS) is 26.7. The Hall–Kier alpha value is -4.61. The first-order valence-corrected chi connectivity index (χ1v) is 22.3. The molecule has 4 fully saturated rings. The minimum Gasteiger partial charge on any atom is -0.476 e. The Morgan fingerprint density at radius 1 is 1.13 bits per heavy atom. The van der Waals surface area contributed by atoms with Crippen LogP contribution in [0.4, 0.5) is 27.0 Å². The molecule has 5 unspecified atom stereocenters. The molecule has 6 atom stereocenters.